The van der Waals surface area contributed by atoms with Gasteiger partial charge in [-0.15, -0.1) is 0 Å². The zero-order valence-electron chi connectivity index (χ0n) is 7.81. The third-order valence-corrected chi connectivity index (χ3v) is 3.16. The zero-order chi connectivity index (χ0) is 9.26. The molecule has 0 spiro atoms. The Kier molecular flexibility index (Phi) is 2.41. The van der Waals surface area contributed by atoms with Gasteiger partial charge < -0.3 is 0 Å². The largest absolute Gasteiger partial charge is 0.0837 e. The maximum absolute atomic E-state index is 6.29. The van der Waals surface area contributed by atoms with Crippen LogP contribution in [0.1, 0.15) is 30.9 Å². The van der Waals surface area contributed by atoms with Gasteiger partial charge in [0.1, 0.15) is 0 Å². The summed E-state index contributed by atoms with van der Waals surface area (Å²) in [5, 5.41) is 0.990. The van der Waals surface area contributed by atoms with Crippen molar-refractivity contribution in [3.8, 4) is 0 Å². The maximum atomic E-state index is 6.29. The Balaban J connectivity index is 2.52. The summed E-state index contributed by atoms with van der Waals surface area (Å²) in [6, 6.07) is 8.43. The van der Waals surface area contributed by atoms with Crippen LogP contribution in [0.5, 0.6) is 0 Å². The molecule has 0 fully saturated rings. The monoisotopic (exact) mass is 192 g/mol. The Morgan fingerprint density at radius 1 is 1.23 bits per heavy atom. The van der Waals surface area contributed by atoms with Crippen molar-refractivity contribution in [2.45, 2.75) is 26.2 Å². The van der Waals surface area contributed by atoms with Gasteiger partial charge in [0.2, 0.25) is 0 Å². The summed E-state index contributed by atoms with van der Waals surface area (Å²) < 4.78 is 0. The second-order valence-corrected chi connectivity index (χ2v) is 3.81. The first-order valence-corrected chi connectivity index (χ1v) is 5.16. The Bertz CT molecular complexity index is 350. The topological polar surface area (TPSA) is 0 Å². The van der Waals surface area contributed by atoms with Crippen LogP contribution in [0, 0.1) is 0 Å². The molecular weight excluding hydrogens is 180 g/mol. The highest BCUT2D eigenvalue weighted by molar-refractivity contribution is 6.49. The first-order valence-electron chi connectivity index (χ1n) is 4.78. The minimum atomic E-state index is 0.990. The van der Waals surface area contributed by atoms with E-state index in [4.69, 9.17) is 11.6 Å². The van der Waals surface area contributed by atoms with Gasteiger partial charge in [0, 0.05) is 5.03 Å². The number of hydrogen-bond donors (Lipinski definition) is 0. The fourth-order valence-electron chi connectivity index (χ4n) is 1.87. The lowest BCUT2D eigenvalue weighted by Crippen LogP contribution is -2.01. The molecule has 0 bridgehead atoms. The van der Waals surface area contributed by atoms with Crippen LogP contribution in [0.25, 0.3) is 5.03 Å². The molecule has 0 atom stereocenters. The van der Waals surface area contributed by atoms with E-state index in [1.165, 1.54) is 16.7 Å². The van der Waals surface area contributed by atoms with Crippen LogP contribution in [0.4, 0.5) is 0 Å². The van der Waals surface area contributed by atoms with Crippen molar-refractivity contribution in [3.05, 3.63) is 41.0 Å². The summed E-state index contributed by atoms with van der Waals surface area (Å²) in [4.78, 5) is 0. The zero-order valence-corrected chi connectivity index (χ0v) is 8.56. The molecule has 1 aliphatic carbocycles. The molecule has 0 aromatic heterocycles. The normalized spacial score (nSPS) is 15.8. The van der Waals surface area contributed by atoms with E-state index < -0.39 is 0 Å². The van der Waals surface area contributed by atoms with E-state index in [2.05, 4.69) is 31.2 Å². The van der Waals surface area contributed by atoms with Crippen LogP contribution in [0.3, 0.4) is 0 Å². The van der Waals surface area contributed by atoms with E-state index in [9.17, 15) is 0 Å². The summed E-state index contributed by atoms with van der Waals surface area (Å²) >= 11 is 6.29. The van der Waals surface area contributed by atoms with Crippen LogP contribution in [-0.4, -0.2) is 0 Å². The van der Waals surface area contributed by atoms with Gasteiger partial charge >= 0.3 is 0 Å². The number of allylic oxidation sites excluding steroid dienone is 1. The van der Waals surface area contributed by atoms with Crippen molar-refractivity contribution in [3.63, 3.8) is 0 Å². The molecule has 1 aromatic carbocycles. The molecule has 0 radical (unpaired) electrons. The van der Waals surface area contributed by atoms with E-state index in [0.717, 1.165) is 24.3 Å². The molecule has 0 saturated carbocycles. The lowest BCUT2D eigenvalue weighted by atomic mass is 9.91. The molecule has 13 heavy (non-hydrogen) atoms. The number of rotatable bonds is 1. The quantitative estimate of drug-likeness (QED) is 0.631. The fourth-order valence-corrected chi connectivity index (χ4v) is 2.28. The molecule has 0 N–H and O–H groups in total. The van der Waals surface area contributed by atoms with Gasteiger partial charge in [-0.25, -0.2) is 0 Å². The van der Waals surface area contributed by atoms with E-state index in [-0.39, 0.29) is 0 Å². The smallest absolute Gasteiger partial charge is 0.0473 e. The van der Waals surface area contributed by atoms with Crippen molar-refractivity contribution in [2.24, 2.45) is 0 Å². The second kappa shape index (κ2) is 3.55. The summed E-state index contributed by atoms with van der Waals surface area (Å²) in [5.74, 6) is 0. The maximum Gasteiger partial charge on any atom is 0.0473 e. The molecular formula is C12H13Cl. The van der Waals surface area contributed by atoms with Gasteiger partial charge in [0.25, 0.3) is 0 Å². The minimum absolute atomic E-state index is 0.990. The average molecular weight is 193 g/mol. The lowest BCUT2D eigenvalue weighted by Gasteiger charge is -2.18. The van der Waals surface area contributed by atoms with E-state index in [0.29, 0.717) is 0 Å². The Hall–Kier alpha value is -0.750. The van der Waals surface area contributed by atoms with E-state index in [1.54, 1.807) is 0 Å². The predicted molar refractivity (Wildman–Crippen MR) is 57.8 cm³/mol. The van der Waals surface area contributed by atoms with Crippen LogP contribution < -0.4 is 0 Å². The van der Waals surface area contributed by atoms with Crippen molar-refractivity contribution in [1.82, 2.24) is 0 Å². The third kappa shape index (κ3) is 1.51. The Morgan fingerprint density at radius 3 is 2.77 bits per heavy atom. The number of halogens is 1. The van der Waals surface area contributed by atoms with Gasteiger partial charge in [0.05, 0.1) is 0 Å². The lowest BCUT2D eigenvalue weighted by molar-refractivity contribution is 0.872. The number of fused-ring (bicyclic) bond motifs is 1. The fraction of sp³-hybridized carbons (Fsp3) is 0.333. The molecule has 0 amide bonds. The van der Waals surface area contributed by atoms with Crippen molar-refractivity contribution in [2.75, 3.05) is 0 Å². The van der Waals surface area contributed by atoms with E-state index >= 15 is 0 Å². The summed E-state index contributed by atoms with van der Waals surface area (Å²) in [7, 11) is 0. The Morgan fingerprint density at radius 2 is 2.00 bits per heavy atom. The van der Waals surface area contributed by atoms with Crippen LogP contribution in [0.15, 0.2) is 29.8 Å². The number of hydrogen-bond acceptors (Lipinski definition) is 0. The molecule has 1 heteroatoms. The van der Waals surface area contributed by atoms with Gasteiger partial charge in [-0.3, -0.25) is 0 Å². The minimum Gasteiger partial charge on any atom is -0.0837 e. The van der Waals surface area contributed by atoms with Crippen molar-refractivity contribution in [1.29, 1.82) is 0 Å². The SMILES string of the molecule is CCC1=C(Cl)c2ccccc2CC1. The number of aryl methyl sites for hydroxylation is 1. The molecule has 0 aliphatic heterocycles. The highest BCUT2D eigenvalue weighted by Crippen LogP contribution is 2.34. The molecule has 0 heterocycles. The van der Waals surface area contributed by atoms with Gasteiger partial charge in [-0.2, -0.15) is 0 Å². The molecule has 1 aliphatic rings. The number of benzene rings is 1. The van der Waals surface area contributed by atoms with Crippen molar-refractivity contribution < 1.29 is 0 Å². The van der Waals surface area contributed by atoms with Gasteiger partial charge in [-0.1, -0.05) is 48.4 Å². The third-order valence-electron chi connectivity index (χ3n) is 2.69. The van der Waals surface area contributed by atoms with E-state index in [1.807, 2.05) is 0 Å². The second-order valence-electron chi connectivity index (χ2n) is 3.43. The Labute approximate surface area is 84.2 Å². The first-order chi connectivity index (χ1) is 6.33. The molecule has 0 nitrogen and oxygen atoms in total. The highest BCUT2D eigenvalue weighted by atomic mass is 35.5. The summed E-state index contributed by atoms with van der Waals surface area (Å²) in [5.41, 5.74) is 4.04. The molecule has 68 valence electrons. The summed E-state index contributed by atoms with van der Waals surface area (Å²) in [6.07, 6.45) is 3.36. The van der Waals surface area contributed by atoms with Gasteiger partial charge in [-0.05, 0) is 30.4 Å². The average Bonchev–Trinajstić information content (AvgIpc) is 2.19. The summed E-state index contributed by atoms with van der Waals surface area (Å²) in [6.45, 7) is 2.17. The predicted octanol–water partition coefficient (Wildman–Crippen LogP) is 3.99. The van der Waals surface area contributed by atoms with Crippen molar-refractivity contribution >= 4 is 16.6 Å². The van der Waals surface area contributed by atoms with Gasteiger partial charge in [0.15, 0.2) is 0 Å². The molecule has 2 rings (SSSR count). The standard InChI is InChI=1S/C12H13Cl/c1-2-9-7-8-10-5-3-4-6-11(10)12(9)13/h3-6H,2,7-8H2,1H3. The first kappa shape index (κ1) is 8.83. The highest BCUT2D eigenvalue weighted by Gasteiger charge is 2.14. The molecule has 0 unspecified atom stereocenters. The van der Waals surface area contributed by atoms with Crippen LogP contribution >= 0.6 is 11.6 Å². The molecule has 0 saturated heterocycles. The molecule has 1 aromatic rings. The van der Waals surface area contributed by atoms with Crippen LogP contribution in [-0.2, 0) is 6.42 Å². The van der Waals surface area contributed by atoms with Crippen LogP contribution in [0.2, 0.25) is 0 Å².